The van der Waals surface area contributed by atoms with Gasteiger partial charge < -0.3 is 15.0 Å². The summed E-state index contributed by atoms with van der Waals surface area (Å²) in [6, 6.07) is 18.0. The third kappa shape index (κ3) is 7.47. The molecule has 2 amide bonds. The number of amides is 2. The van der Waals surface area contributed by atoms with Crippen molar-refractivity contribution in [2.75, 3.05) is 32.1 Å². The molecule has 1 aliphatic rings. The number of nitrogens with one attached hydrogen (secondary N) is 1. The highest BCUT2D eigenvalue weighted by molar-refractivity contribution is 6.04. The number of halogens is 3. The number of likely N-dealkylation sites (tertiary alicyclic amines) is 1. The normalized spacial score (nSPS) is 15.0. The van der Waals surface area contributed by atoms with Gasteiger partial charge in [-0.2, -0.15) is 13.2 Å². The van der Waals surface area contributed by atoms with Crippen molar-refractivity contribution in [1.29, 1.82) is 0 Å². The van der Waals surface area contributed by atoms with Crippen LogP contribution in [-0.2, 0) is 15.7 Å². The fourth-order valence-corrected chi connectivity index (χ4v) is 6.01. The third-order valence-electron chi connectivity index (χ3n) is 8.50. The van der Waals surface area contributed by atoms with Gasteiger partial charge in [-0.15, -0.1) is 0 Å². The lowest BCUT2D eigenvalue weighted by molar-refractivity contribution is -0.137. The van der Waals surface area contributed by atoms with Gasteiger partial charge in [0.25, 0.3) is 5.91 Å². The maximum absolute atomic E-state index is 13.2. The quantitative estimate of drug-likeness (QED) is 0.155. The summed E-state index contributed by atoms with van der Waals surface area (Å²) in [7, 11) is 1.57. The first-order valence-corrected chi connectivity index (χ1v) is 16.0. The standard InChI is InChI=1S/C37H34F3N7O3/c1-41-34-33-32(25-11-13-26(14-12-25)36(49)44-30-21-28(16-18-42-30)37(38,39)40)45-35(27-9-6-19-46(23-27)31(48)17-20-50-2)47(33)29(22-43-34)15-10-24-7-4-3-5-8-24/h3-5,7-8,10-16,18,21-22,27H,1,6,9,17,19-20,23H2,2H3,(H,42,44,49)/b15-10+. The summed E-state index contributed by atoms with van der Waals surface area (Å²) in [6.07, 6.45) is 3.96. The molecule has 256 valence electrons. The second kappa shape index (κ2) is 14.8. The van der Waals surface area contributed by atoms with Crippen LogP contribution in [0.2, 0.25) is 0 Å². The van der Waals surface area contributed by atoms with E-state index in [0.29, 0.717) is 48.7 Å². The number of hydrogen-bond acceptors (Lipinski definition) is 7. The lowest BCUT2D eigenvalue weighted by atomic mass is 9.96. The molecule has 6 rings (SSSR count). The summed E-state index contributed by atoms with van der Waals surface area (Å²) in [5, 5.41) is 2.44. The number of carbonyl (C=O) groups is 2. The Balaban J connectivity index is 1.39. The predicted octanol–water partition coefficient (Wildman–Crippen LogP) is 7.31. The minimum Gasteiger partial charge on any atom is -0.384 e. The fraction of sp³-hybridized carbons (Fsp3) is 0.243. The summed E-state index contributed by atoms with van der Waals surface area (Å²) in [5.74, 6) is 0.164. The summed E-state index contributed by atoms with van der Waals surface area (Å²) in [5.41, 5.74) is 2.85. The highest BCUT2D eigenvalue weighted by Crippen LogP contribution is 2.37. The Labute approximate surface area is 286 Å². The average Bonchev–Trinajstić information content (AvgIpc) is 3.54. The molecule has 0 radical (unpaired) electrons. The minimum atomic E-state index is -4.57. The molecule has 1 aliphatic heterocycles. The Bertz CT molecular complexity index is 2040. The molecule has 1 fully saturated rings. The number of anilines is 1. The molecule has 2 aromatic carbocycles. The molecular weight excluding hydrogens is 647 g/mol. The molecule has 3 aromatic heterocycles. The largest absolute Gasteiger partial charge is 0.416 e. The number of ether oxygens (including phenoxy) is 1. The van der Waals surface area contributed by atoms with Crippen LogP contribution in [0.3, 0.4) is 0 Å². The van der Waals surface area contributed by atoms with Gasteiger partial charge in [0.1, 0.15) is 22.9 Å². The van der Waals surface area contributed by atoms with Gasteiger partial charge in [0.2, 0.25) is 5.91 Å². The van der Waals surface area contributed by atoms with Crippen molar-refractivity contribution in [2.24, 2.45) is 4.99 Å². The molecule has 4 heterocycles. The van der Waals surface area contributed by atoms with Crippen LogP contribution in [-0.4, -0.2) is 69.6 Å². The highest BCUT2D eigenvalue weighted by atomic mass is 19.4. The molecular formula is C37H34F3N7O3. The first-order chi connectivity index (χ1) is 24.2. The Morgan fingerprint density at radius 2 is 1.86 bits per heavy atom. The number of carbonyl (C=O) groups excluding carboxylic acids is 2. The number of aromatic nitrogens is 4. The van der Waals surface area contributed by atoms with Crippen molar-refractivity contribution < 1.29 is 27.5 Å². The number of aliphatic imine (C=N–C) groups is 1. The zero-order valence-electron chi connectivity index (χ0n) is 27.2. The van der Waals surface area contributed by atoms with Crippen LogP contribution in [0.1, 0.15) is 58.2 Å². The number of fused-ring (bicyclic) bond motifs is 1. The van der Waals surface area contributed by atoms with Crippen LogP contribution < -0.4 is 5.32 Å². The van der Waals surface area contributed by atoms with Crippen LogP contribution in [0, 0.1) is 0 Å². The lowest BCUT2D eigenvalue weighted by Gasteiger charge is -2.32. The fourth-order valence-electron chi connectivity index (χ4n) is 6.01. The van der Waals surface area contributed by atoms with E-state index in [9.17, 15) is 22.8 Å². The van der Waals surface area contributed by atoms with E-state index < -0.39 is 17.6 Å². The Kier molecular flexibility index (Phi) is 10.1. The second-order valence-corrected chi connectivity index (χ2v) is 11.8. The summed E-state index contributed by atoms with van der Waals surface area (Å²) < 4.78 is 46.7. The number of methoxy groups -OCH3 is 1. The van der Waals surface area contributed by atoms with E-state index in [1.54, 1.807) is 37.6 Å². The van der Waals surface area contributed by atoms with Gasteiger partial charge in [-0.1, -0.05) is 48.5 Å². The molecule has 50 heavy (non-hydrogen) atoms. The van der Waals surface area contributed by atoms with Gasteiger partial charge in [0, 0.05) is 43.4 Å². The predicted molar refractivity (Wildman–Crippen MR) is 185 cm³/mol. The molecule has 0 saturated carbocycles. The number of alkyl halides is 3. The van der Waals surface area contributed by atoms with Gasteiger partial charge >= 0.3 is 6.18 Å². The maximum Gasteiger partial charge on any atom is 0.416 e. The van der Waals surface area contributed by atoms with Gasteiger partial charge in [0.15, 0.2) is 5.82 Å². The maximum atomic E-state index is 13.2. The first kappa shape index (κ1) is 34.2. The third-order valence-corrected chi connectivity index (χ3v) is 8.50. The van der Waals surface area contributed by atoms with E-state index in [0.717, 1.165) is 48.3 Å². The Morgan fingerprint density at radius 3 is 2.58 bits per heavy atom. The van der Waals surface area contributed by atoms with Crippen molar-refractivity contribution >= 4 is 47.8 Å². The number of rotatable bonds is 10. The minimum absolute atomic E-state index is 0.0196. The van der Waals surface area contributed by atoms with Crippen molar-refractivity contribution in [2.45, 2.75) is 31.4 Å². The molecule has 0 bridgehead atoms. The Hall–Kier alpha value is -5.69. The number of imidazole rings is 1. The number of pyridine rings is 1. The van der Waals surface area contributed by atoms with Crippen LogP contribution in [0.5, 0.6) is 0 Å². The number of hydrogen-bond donors (Lipinski definition) is 1. The highest BCUT2D eigenvalue weighted by Gasteiger charge is 2.32. The van der Waals surface area contributed by atoms with E-state index in [1.807, 2.05) is 51.8 Å². The SMILES string of the molecule is C=Nc1ncc(/C=C/c2ccccc2)n2c(C3CCCN(C(=O)CCOC)C3)nc(-c3ccc(C(=O)Nc4cc(C(F)(F)F)ccn4)cc3)c12. The van der Waals surface area contributed by atoms with E-state index in [4.69, 9.17) is 9.72 Å². The average molecular weight is 682 g/mol. The van der Waals surface area contributed by atoms with E-state index in [1.165, 1.54) is 0 Å². The van der Waals surface area contributed by atoms with Gasteiger partial charge in [-0.25, -0.2) is 19.9 Å². The van der Waals surface area contributed by atoms with Gasteiger partial charge in [-0.05, 0) is 55.5 Å². The summed E-state index contributed by atoms with van der Waals surface area (Å²) >= 11 is 0. The number of nitrogens with zero attached hydrogens (tertiary/aromatic N) is 6. The zero-order chi connectivity index (χ0) is 35.3. The molecule has 13 heteroatoms. The molecule has 0 spiro atoms. The smallest absolute Gasteiger partial charge is 0.384 e. The molecule has 5 aromatic rings. The molecule has 1 N–H and O–H groups in total. The van der Waals surface area contributed by atoms with Crippen molar-refractivity contribution in [3.8, 4) is 11.3 Å². The van der Waals surface area contributed by atoms with Crippen LogP contribution >= 0.6 is 0 Å². The molecule has 10 nitrogen and oxygen atoms in total. The van der Waals surface area contributed by atoms with E-state index >= 15 is 0 Å². The summed E-state index contributed by atoms with van der Waals surface area (Å²) in [6.45, 7) is 5.23. The number of benzene rings is 2. The van der Waals surface area contributed by atoms with Crippen LogP contribution in [0.4, 0.5) is 24.8 Å². The monoisotopic (exact) mass is 681 g/mol. The van der Waals surface area contributed by atoms with Gasteiger partial charge in [0.05, 0.1) is 30.5 Å². The first-order valence-electron chi connectivity index (χ1n) is 16.0. The van der Waals surface area contributed by atoms with E-state index in [2.05, 4.69) is 27.0 Å². The summed E-state index contributed by atoms with van der Waals surface area (Å²) in [4.78, 5) is 45.7. The van der Waals surface area contributed by atoms with Crippen molar-refractivity contribution in [3.05, 3.63) is 107 Å². The number of piperidine rings is 1. The second-order valence-electron chi connectivity index (χ2n) is 11.8. The molecule has 1 atom stereocenters. The Morgan fingerprint density at radius 1 is 1.08 bits per heavy atom. The molecule has 1 saturated heterocycles. The van der Waals surface area contributed by atoms with Crippen molar-refractivity contribution in [3.63, 3.8) is 0 Å². The van der Waals surface area contributed by atoms with E-state index in [-0.39, 0.29) is 23.2 Å². The molecule has 0 aliphatic carbocycles. The zero-order valence-corrected chi connectivity index (χ0v) is 27.2. The van der Waals surface area contributed by atoms with Crippen molar-refractivity contribution in [1.82, 2.24) is 24.3 Å². The van der Waals surface area contributed by atoms with Crippen LogP contribution in [0.15, 0.2) is 84.1 Å². The lowest BCUT2D eigenvalue weighted by Crippen LogP contribution is -2.40. The van der Waals surface area contributed by atoms with Crippen LogP contribution in [0.25, 0.3) is 28.9 Å². The van der Waals surface area contributed by atoms with Gasteiger partial charge in [-0.3, -0.25) is 14.0 Å². The topological polar surface area (TPSA) is 114 Å². The molecule has 1 unspecified atom stereocenters.